The lowest BCUT2D eigenvalue weighted by molar-refractivity contribution is 0.0575. The summed E-state index contributed by atoms with van der Waals surface area (Å²) in [6.07, 6.45) is 0.904. The molecule has 1 aromatic heterocycles. The summed E-state index contributed by atoms with van der Waals surface area (Å²) in [4.78, 5) is 17.3. The molecule has 1 unspecified atom stereocenters. The smallest absolute Gasteiger partial charge is 0.274 e. The highest BCUT2D eigenvalue weighted by atomic mass is 16.5. The Bertz CT molecular complexity index is 810. The van der Waals surface area contributed by atoms with Crippen LogP contribution in [0, 0.1) is 0 Å². The van der Waals surface area contributed by atoms with Crippen LogP contribution in [0.3, 0.4) is 0 Å². The molecule has 2 aliphatic heterocycles. The third kappa shape index (κ3) is 3.57. The molecule has 2 aliphatic rings. The summed E-state index contributed by atoms with van der Waals surface area (Å²) >= 11 is 0. The summed E-state index contributed by atoms with van der Waals surface area (Å²) in [5.41, 5.74) is 3.97. The monoisotopic (exact) mass is 369 g/mol. The lowest BCUT2D eigenvalue weighted by atomic mass is 10.0. The minimum absolute atomic E-state index is 0.0462. The number of hydrogen-bond donors (Lipinski definition) is 2. The SMILES string of the molecule is COc1cccc(C(C)N2CCN(C(=O)c3n[nH]c4c3CNCC4)CC2)c1. The van der Waals surface area contributed by atoms with E-state index < -0.39 is 0 Å². The third-order valence-electron chi connectivity index (χ3n) is 5.73. The molecule has 2 N–H and O–H groups in total. The summed E-state index contributed by atoms with van der Waals surface area (Å²) in [6, 6.07) is 8.50. The van der Waals surface area contributed by atoms with Crippen LogP contribution in [0.25, 0.3) is 0 Å². The summed E-state index contributed by atoms with van der Waals surface area (Å²) in [5, 5.41) is 10.7. The molecule has 1 aromatic carbocycles. The van der Waals surface area contributed by atoms with Gasteiger partial charge in [-0.2, -0.15) is 5.10 Å². The van der Waals surface area contributed by atoms with Crippen molar-refractivity contribution in [2.45, 2.75) is 25.9 Å². The molecule has 7 nitrogen and oxygen atoms in total. The highest BCUT2D eigenvalue weighted by Gasteiger charge is 2.29. The molecule has 0 aliphatic carbocycles. The van der Waals surface area contributed by atoms with Gasteiger partial charge in [0.15, 0.2) is 5.69 Å². The van der Waals surface area contributed by atoms with E-state index in [0.717, 1.165) is 62.7 Å². The van der Waals surface area contributed by atoms with Crippen molar-refractivity contribution < 1.29 is 9.53 Å². The van der Waals surface area contributed by atoms with Crippen molar-refractivity contribution >= 4 is 5.91 Å². The number of amides is 1. The van der Waals surface area contributed by atoms with E-state index in [-0.39, 0.29) is 5.91 Å². The molecule has 1 saturated heterocycles. The van der Waals surface area contributed by atoms with Gasteiger partial charge in [-0.05, 0) is 24.6 Å². The van der Waals surface area contributed by atoms with Crippen LogP contribution >= 0.6 is 0 Å². The highest BCUT2D eigenvalue weighted by molar-refractivity contribution is 5.94. The number of carbonyl (C=O) groups is 1. The maximum Gasteiger partial charge on any atom is 0.274 e. The minimum atomic E-state index is 0.0462. The van der Waals surface area contributed by atoms with Gasteiger partial charge in [0.2, 0.25) is 0 Å². The number of H-pyrrole nitrogens is 1. The van der Waals surface area contributed by atoms with E-state index in [2.05, 4.69) is 39.5 Å². The highest BCUT2D eigenvalue weighted by Crippen LogP contribution is 2.25. The molecule has 1 atom stereocenters. The van der Waals surface area contributed by atoms with E-state index in [1.165, 1.54) is 5.56 Å². The molecule has 0 spiro atoms. The predicted molar refractivity (Wildman–Crippen MR) is 103 cm³/mol. The number of hydrogen-bond acceptors (Lipinski definition) is 5. The number of benzene rings is 1. The van der Waals surface area contributed by atoms with Crippen LogP contribution in [0.2, 0.25) is 0 Å². The van der Waals surface area contributed by atoms with Gasteiger partial charge >= 0.3 is 0 Å². The molecule has 4 rings (SSSR count). The first kappa shape index (κ1) is 18.0. The fourth-order valence-electron chi connectivity index (χ4n) is 3.98. The molecule has 3 heterocycles. The number of aromatic amines is 1. The average molecular weight is 369 g/mol. The Morgan fingerprint density at radius 3 is 2.85 bits per heavy atom. The Labute approximate surface area is 159 Å². The van der Waals surface area contributed by atoms with Gasteiger partial charge < -0.3 is 15.0 Å². The predicted octanol–water partition coefficient (Wildman–Crippen LogP) is 1.58. The van der Waals surface area contributed by atoms with Gasteiger partial charge in [0.1, 0.15) is 5.75 Å². The number of carbonyl (C=O) groups excluding carboxylic acids is 1. The number of aromatic nitrogens is 2. The number of nitrogens with zero attached hydrogens (tertiary/aromatic N) is 3. The van der Waals surface area contributed by atoms with Crippen molar-refractivity contribution in [3.05, 3.63) is 46.8 Å². The maximum atomic E-state index is 12.9. The zero-order valence-corrected chi connectivity index (χ0v) is 16.0. The number of piperazine rings is 1. The van der Waals surface area contributed by atoms with Crippen molar-refractivity contribution in [1.29, 1.82) is 0 Å². The first-order valence-corrected chi connectivity index (χ1v) is 9.61. The molecule has 1 amide bonds. The van der Waals surface area contributed by atoms with Crippen LogP contribution in [0.15, 0.2) is 24.3 Å². The van der Waals surface area contributed by atoms with E-state index in [1.54, 1.807) is 7.11 Å². The van der Waals surface area contributed by atoms with E-state index in [1.807, 2.05) is 17.0 Å². The molecular weight excluding hydrogens is 342 g/mol. The lowest BCUT2D eigenvalue weighted by Gasteiger charge is -2.38. The van der Waals surface area contributed by atoms with E-state index in [4.69, 9.17) is 4.74 Å². The first-order chi connectivity index (χ1) is 13.2. The van der Waals surface area contributed by atoms with Gasteiger partial charge in [0.25, 0.3) is 5.91 Å². The van der Waals surface area contributed by atoms with Gasteiger partial charge in [-0.15, -0.1) is 0 Å². The minimum Gasteiger partial charge on any atom is -0.497 e. The van der Waals surface area contributed by atoms with Gasteiger partial charge in [0, 0.05) is 63.0 Å². The molecule has 0 radical (unpaired) electrons. The normalized spacial score (nSPS) is 18.8. The summed E-state index contributed by atoms with van der Waals surface area (Å²) in [7, 11) is 1.69. The Kier molecular flexibility index (Phi) is 5.13. The first-order valence-electron chi connectivity index (χ1n) is 9.61. The zero-order chi connectivity index (χ0) is 18.8. The standard InChI is InChI=1S/C20H27N5O2/c1-14(15-4-3-5-16(12-15)27-2)24-8-10-25(11-9-24)20(26)19-17-13-21-7-6-18(17)22-23-19/h3-5,12,14,21H,6-11,13H2,1-2H3,(H,22,23). The van der Waals surface area contributed by atoms with Crippen LogP contribution < -0.4 is 10.1 Å². The topological polar surface area (TPSA) is 73.5 Å². The number of nitrogens with one attached hydrogen (secondary N) is 2. The van der Waals surface area contributed by atoms with Crippen molar-refractivity contribution in [3.63, 3.8) is 0 Å². The fourth-order valence-corrected chi connectivity index (χ4v) is 3.98. The maximum absolute atomic E-state index is 12.9. The second-order valence-corrected chi connectivity index (χ2v) is 7.24. The molecule has 2 aromatic rings. The largest absolute Gasteiger partial charge is 0.497 e. The summed E-state index contributed by atoms with van der Waals surface area (Å²) < 4.78 is 5.34. The molecule has 7 heteroatoms. The second-order valence-electron chi connectivity index (χ2n) is 7.24. The third-order valence-corrected chi connectivity index (χ3v) is 5.73. The quantitative estimate of drug-likeness (QED) is 0.856. The Hall–Kier alpha value is -2.38. The van der Waals surface area contributed by atoms with Crippen LogP contribution in [0.4, 0.5) is 0 Å². The van der Waals surface area contributed by atoms with Crippen molar-refractivity contribution in [2.24, 2.45) is 0 Å². The van der Waals surface area contributed by atoms with Crippen LogP contribution in [0.1, 0.15) is 40.3 Å². The number of fused-ring (bicyclic) bond motifs is 1. The Balaban J connectivity index is 1.40. The van der Waals surface area contributed by atoms with E-state index in [0.29, 0.717) is 11.7 Å². The second kappa shape index (κ2) is 7.70. The number of methoxy groups -OCH3 is 1. The Morgan fingerprint density at radius 1 is 1.26 bits per heavy atom. The van der Waals surface area contributed by atoms with E-state index in [9.17, 15) is 4.79 Å². The molecule has 1 fully saturated rings. The van der Waals surface area contributed by atoms with Crippen molar-refractivity contribution in [1.82, 2.24) is 25.3 Å². The summed E-state index contributed by atoms with van der Waals surface area (Å²) in [6.45, 7) is 7.03. The van der Waals surface area contributed by atoms with Crippen molar-refractivity contribution in [3.8, 4) is 5.75 Å². The van der Waals surface area contributed by atoms with Crippen LogP contribution in [-0.4, -0.2) is 65.7 Å². The molecule has 144 valence electrons. The number of ether oxygens (including phenoxy) is 1. The average Bonchev–Trinajstić information content (AvgIpc) is 3.17. The van der Waals surface area contributed by atoms with Gasteiger partial charge in [-0.25, -0.2) is 0 Å². The zero-order valence-electron chi connectivity index (χ0n) is 16.0. The number of rotatable bonds is 4. The van der Waals surface area contributed by atoms with Gasteiger partial charge in [-0.1, -0.05) is 12.1 Å². The van der Waals surface area contributed by atoms with Crippen LogP contribution in [-0.2, 0) is 13.0 Å². The lowest BCUT2D eigenvalue weighted by Crippen LogP contribution is -2.49. The van der Waals surface area contributed by atoms with Crippen molar-refractivity contribution in [2.75, 3.05) is 39.8 Å². The molecule has 0 saturated carbocycles. The molecular formula is C20H27N5O2. The van der Waals surface area contributed by atoms with Gasteiger partial charge in [0.05, 0.1) is 7.11 Å². The van der Waals surface area contributed by atoms with E-state index >= 15 is 0 Å². The summed E-state index contributed by atoms with van der Waals surface area (Å²) in [5.74, 6) is 0.926. The fraction of sp³-hybridized carbons (Fsp3) is 0.500. The molecule has 0 bridgehead atoms. The Morgan fingerprint density at radius 2 is 2.07 bits per heavy atom. The van der Waals surface area contributed by atoms with Gasteiger partial charge in [-0.3, -0.25) is 14.8 Å². The molecule has 27 heavy (non-hydrogen) atoms. The van der Waals surface area contributed by atoms with Crippen LogP contribution in [0.5, 0.6) is 5.75 Å².